The smallest absolute Gasteiger partial charge is 0.253 e. The molecule has 0 aromatic heterocycles. The summed E-state index contributed by atoms with van der Waals surface area (Å²) >= 11 is 18.5. The highest BCUT2D eigenvalue weighted by molar-refractivity contribution is 6.42. The summed E-state index contributed by atoms with van der Waals surface area (Å²) in [5, 5.41) is 4.90. The third-order valence-corrected chi connectivity index (χ3v) is 7.77. The van der Waals surface area contributed by atoms with Gasteiger partial charge in [-0.3, -0.25) is 9.59 Å². The van der Waals surface area contributed by atoms with E-state index in [2.05, 4.69) is 5.32 Å². The summed E-state index contributed by atoms with van der Waals surface area (Å²) in [6.45, 7) is 2.01. The van der Waals surface area contributed by atoms with E-state index in [0.717, 1.165) is 31.4 Å². The zero-order chi connectivity index (χ0) is 23.5. The number of amides is 2. The molecule has 3 atom stereocenters. The average molecular weight is 545 g/mol. The lowest BCUT2D eigenvalue weighted by atomic mass is 9.84. The summed E-state index contributed by atoms with van der Waals surface area (Å²) < 4.78 is 0. The van der Waals surface area contributed by atoms with Crippen LogP contribution in [-0.2, 0) is 4.79 Å². The van der Waals surface area contributed by atoms with E-state index in [4.69, 9.17) is 34.8 Å². The van der Waals surface area contributed by atoms with Crippen LogP contribution in [0.2, 0.25) is 15.1 Å². The molecular formula is C25H29Cl4N3O2. The third-order valence-electron chi connectivity index (χ3n) is 6.78. The first kappa shape index (κ1) is 27.1. The van der Waals surface area contributed by atoms with Crippen LogP contribution in [0.5, 0.6) is 0 Å². The van der Waals surface area contributed by atoms with Crippen molar-refractivity contribution in [2.45, 2.75) is 43.7 Å². The van der Waals surface area contributed by atoms with Gasteiger partial charge in [0.1, 0.15) is 0 Å². The molecule has 0 radical (unpaired) electrons. The Morgan fingerprint density at radius 3 is 2.38 bits per heavy atom. The van der Waals surface area contributed by atoms with Crippen molar-refractivity contribution >= 4 is 59.0 Å². The zero-order valence-electron chi connectivity index (χ0n) is 19.0. The summed E-state index contributed by atoms with van der Waals surface area (Å²) in [5.41, 5.74) is 1.55. The van der Waals surface area contributed by atoms with Crippen LogP contribution in [0.15, 0.2) is 42.5 Å². The fourth-order valence-corrected chi connectivity index (χ4v) is 5.34. The highest BCUT2D eigenvalue weighted by atomic mass is 35.5. The Bertz CT molecular complexity index is 1010. The predicted molar refractivity (Wildman–Crippen MR) is 141 cm³/mol. The molecule has 1 N–H and O–H groups in total. The van der Waals surface area contributed by atoms with E-state index in [9.17, 15) is 9.59 Å². The Morgan fingerprint density at radius 2 is 1.74 bits per heavy atom. The second-order valence-corrected chi connectivity index (χ2v) is 10.1. The molecule has 2 saturated heterocycles. The maximum atomic E-state index is 13.3. The monoisotopic (exact) mass is 543 g/mol. The van der Waals surface area contributed by atoms with Crippen molar-refractivity contribution in [1.82, 2.24) is 15.1 Å². The number of rotatable bonds is 4. The number of piperidine rings is 2. The Kier molecular flexibility index (Phi) is 9.53. The number of nitrogens with zero attached hydrogens (tertiary/aromatic N) is 2. The van der Waals surface area contributed by atoms with Crippen LogP contribution in [0, 0.1) is 0 Å². The maximum absolute atomic E-state index is 13.3. The van der Waals surface area contributed by atoms with Gasteiger partial charge in [0.25, 0.3) is 5.91 Å². The molecule has 4 rings (SSSR count). The summed E-state index contributed by atoms with van der Waals surface area (Å²) in [6, 6.07) is 12.3. The molecule has 2 aliphatic heterocycles. The normalized spacial score (nSPS) is 22.6. The van der Waals surface area contributed by atoms with Gasteiger partial charge in [-0.2, -0.15) is 0 Å². The van der Waals surface area contributed by atoms with Crippen LogP contribution in [0.1, 0.15) is 47.5 Å². The van der Waals surface area contributed by atoms with Gasteiger partial charge in [-0.15, -0.1) is 12.4 Å². The summed E-state index contributed by atoms with van der Waals surface area (Å²) in [5.74, 6) is -0.0114. The van der Waals surface area contributed by atoms with Gasteiger partial charge >= 0.3 is 0 Å². The van der Waals surface area contributed by atoms with Crippen LogP contribution in [0.4, 0.5) is 0 Å². The fourth-order valence-electron chi connectivity index (χ4n) is 4.90. The molecule has 2 fully saturated rings. The van der Waals surface area contributed by atoms with E-state index >= 15 is 0 Å². The van der Waals surface area contributed by atoms with E-state index in [-0.39, 0.29) is 42.2 Å². The quantitative estimate of drug-likeness (QED) is 0.539. The number of likely N-dealkylation sites (tertiary alicyclic amines) is 1. The molecule has 2 aromatic carbocycles. The number of carbonyl (C=O) groups is 2. The van der Waals surface area contributed by atoms with E-state index in [0.29, 0.717) is 40.1 Å². The first-order chi connectivity index (χ1) is 15.8. The minimum atomic E-state index is -0.127. The molecule has 2 aromatic rings. The van der Waals surface area contributed by atoms with Crippen LogP contribution >= 0.6 is 47.2 Å². The number of likely N-dealkylation sites (N-methyl/N-ethyl adjacent to an activating group) is 1. The van der Waals surface area contributed by atoms with Crippen molar-refractivity contribution in [1.29, 1.82) is 0 Å². The van der Waals surface area contributed by atoms with Crippen LogP contribution < -0.4 is 5.32 Å². The van der Waals surface area contributed by atoms with Gasteiger partial charge in [0.15, 0.2) is 0 Å². The summed E-state index contributed by atoms with van der Waals surface area (Å²) in [4.78, 5) is 30.2. The van der Waals surface area contributed by atoms with Crippen molar-refractivity contribution in [2.75, 3.05) is 26.7 Å². The van der Waals surface area contributed by atoms with Gasteiger partial charge < -0.3 is 15.1 Å². The minimum absolute atomic E-state index is 0. The number of hydrogen-bond donors (Lipinski definition) is 1. The highest BCUT2D eigenvalue weighted by Crippen LogP contribution is 2.35. The second-order valence-electron chi connectivity index (χ2n) is 8.85. The fraction of sp³-hybridized carbons (Fsp3) is 0.440. The third kappa shape index (κ3) is 6.00. The number of halogens is 4. The Balaban J connectivity index is 0.00000324. The van der Waals surface area contributed by atoms with Crippen molar-refractivity contribution < 1.29 is 9.59 Å². The lowest BCUT2D eigenvalue weighted by molar-refractivity contribution is -0.135. The molecule has 0 spiro atoms. The molecule has 34 heavy (non-hydrogen) atoms. The van der Waals surface area contributed by atoms with Gasteiger partial charge in [0.2, 0.25) is 5.91 Å². The largest absolute Gasteiger partial charge is 0.341 e. The first-order valence-electron chi connectivity index (χ1n) is 11.3. The number of carbonyl (C=O) groups excluding carboxylic acids is 2. The predicted octanol–water partition coefficient (Wildman–Crippen LogP) is 5.67. The first-order valence-corrected chi connectivity index (χ1v) is 12.5. The van der Waals surface area contributed by atoms with E-state index in [1.54, 1.807) is 35.2 Å². The van der Waals surface area contributed by atoms with Crippen LogP contribution in [-0.4, -0.2) is 60.4 Å². The lowest BCUT2D eigenvalue weighted by Crippen LogP contribution is -2.56. The van der Waals surface area contributed by atoms with Crippen molar-refractivity contribution in [2.24, 2.45) is 0 Å². The molecule has 1 unspecified atom stereocenters. The van der Waals surface area contributed by atoms with Crippen LogP contribution in [0.25, 0.3) is 0 Å². The molecule has 2 heterocycles. The standard InChI is InChI=1S/C25H28Cl3N3O2.ClH/c1-30(24(32)16-5-8-18(26)9-6-16)23-11-13-31(25(33)22-4-2-3-12-29-22)15-19(23)17-7-10-20(27)21(28)14-17;/h5-10,14,19,22-23,29H,2-4,11-13,15H2,1H3;1H/t19-,22?,23+;/m0./s1. The molecule has 2 aliphatic rings. The van der Waals surface area contributed by atoms with Crippen LogP contribution in [0.3, 0.4) is 0 Å². The maximum Gasteiger partial charge on any atom is 0.253 e. The molecule has 184 valence electrons. The molecule has 0 saturated carbocycles. The molecule has 0 aliphatic carbocycles. The van der Waals surface area contributed by atoms with Crippen molar-refractivity contribution in [3.63, 3.8) is 0 Å². The van der Waals surface area contributed by atoms with Crippen molar-refractivity contribution in [3.05, 3.63) is 68.7 Å². The molecule has 2 amide bonds. The summed E-state index contributed by atoms with van der Waals surface area (Å²) in [7, 11) is 1.83. The van der Waals surface area contributed by atoms with Gasteiger partial charge in [-0.25, -0.2) is 0 Å². The van der Waals surface area contributed by atoms with E-state index in [1.807, 2.05) is 24.1 Å². The number of benzene rings is 2. The SMILES string of the molecule is CN(C(=O)c1ccc(Cl)cc1)[C@@H]1CCN(C(=O)C2CCCCN2)C[C@H]1c1ccc(Cl)c(Cl)c1.Cl. The average Bonchev–Trinajstić information content (AvgIpc) is 2.85. The van der Waals surface area contributed by atoms with Crippen molar-refractivity contribution in [3.8, 4) is 0 Å². The molecular weight excluding hydrogens is 516 g/mol. The Hall–Kier alpha value is -1.50. The molecule has 5 nitrogen and oxygen atoms in total. The van der Waals surface area contributed by atoms with Gasteiger partial charge in [0, 0.05) is 42.7 Å². The lowest BCUT2D eigenvalue weighted by Gasteiger charge is -2.44. The topological polar surface area (TPSA) is 52.7 Å². The Labute approximate surface area is 222 Å². The van der Waals surface area contributed by atoms with Gasteiger partial charge in [-0.05, 0) is 67.8 Å². The number of nitrogens with one attached hydrogen (secondary N) is 1. The Morgan fingerprint density at radius 1 is 1.00 bits per heavy atom. The van der Waals surface area contributed by atoms with E-state index in [1.165, 1.54) is 0 Å². The number of hydrogen-bond acceptors (Lipinski definition) is 3. The van der Waals surface area contributed by atoms with Gasteiger partial charge in [-0.1, -0.05) is 47.3 Å². The molecule has 9 heteroatoms. The highest BCUT2D eigenvalue weighted by Gasteiger charge is 2.38. The summed E-state index contributed by atoms with van der Waals surface area (Å²) in [6.07, 6.45) is 3.72. The molecule has 0 bridgehead atoms. The second kappa shape index (κ2) is 12.0. The van der Waals surface area contributed by atoms with E-state index < -0.39 is 0 Å². The van der Waals surface area contributed by atoms with Gasteiger partial charge in [0.05, 0.1) is 16.1 Å². The zero-order valence-corrected chi connectivity index (χ0v) is 22.1. The minimum Gasteiger partial charge on any atom is -0.341 e.